The van der Waals surface area contributed by atoms with Crippen molar-refractivity contribution < 1.29 is 24.2 Å². The lowest BCUT2D eigenvalue weighted by Gasteiger charge is -2.37. The van der Waals surface area contributed by atoms with E-state index in [2.05, 4.69) is 29.6 Å². The average Bonchev–Trinajstić information content (AvgIpc) is 3.04. The molecule has 0 spiro atoms. The number of likely N-dealkylation sites (tertiary alicyclic amines) is 1. The molecule has 2 aromatic rings. The van der Waals surface area contributed by atoms with E-state index in [1.807, 2.05) is 31.2 Å². The van der Waals surface area contributed by atoms with Gasteiger partial charge in [0.15, 0.2) is 0 Å². The Morgan fingerprint density at radius 3 is 2.19 bits per heavy atom. The number of carboxylic acid groups (broad SMARTS) is 1. The van der Waals surface area contributed by atoms with Gasteiger partial charge in [0, 0.05) is 31.5 Å². The van der Waals surface area contributed by atoms with E-state index in [1.165, 1.54) is 16.0 Å². The van der Waals surface area contributed by atoms with Crippen LogP contribution in [0.3, 0.4) is 0 Å². The molecule has 1 aliphatic carbocycles. The highest BCUT2D eigenvalue weighted by Crippen LogP contribution is 2.44. The predicted octanol–water partition coefficient (Wildman–Crippen LogP) is 3.24. The normalized spacial score (nSPS) is 16.1. The van der Waals surface area contributed by atoms with Gasteiger partial charge in [-0.25, -0.2) is 4.79 Å². The number of amides is 2. The first-order chi connectivity index (χ1) is 15.0. The molecule has 2 amide bonds. The third-order valence-electron chi connectivity index (χ3n) is 6.16. The Kier molecular flexibility index (Phi) is 5.93. The van der Waals surface area contributed by atoms with Gasteiger partial charge in [0.1, 0.15) is 6.61 Å². The van der Waals surface area contributed by atoms with Crippen molar-refractivity contribution in [3.05, 3.63) is 59.7 Å². The third kappa shape index (κ3) is 4.26. The zero-order valence-corrected chi connectivity index (χ0v) is 17.4. The summed E-state index contributed by atoms with van der Waals surface area (Å²) in [4.78, 5) is 37.2. The van der Waals surface area contributed by atoms with Crippen molar-refractivity contribution in [3.63, 3.8) is 0 Å². The Hall–Kier alpha value is -3.35. The van der Waals surface area contributed by atoms with Crippen molar-refractivity contribution in [1.82, 2.24) is 10.2 Å². The molecule has 0 aromatic heterocycles. The summed E-state index contributed by atoms with van der Waals surface area (Å²) in [5, 5.41) is 11.7. The Morgan fingerprint density at radius 2 is 1.65 bits per heavy atom. The van der Waals surface area contributed by atoms with Crippen molar-refractivity contribution in [2.45, 2.75) is 31.7 Å². The maximum absolute atomic E-state index is 12.4. The Labute approximate surface area is 181 Å². The molecular formula is C24H26N2O5. The van der Waals surface area contributed by atoms with Crippen LogP contribution in [-0.2, 0) is 14.3 Å². The maximum Gasteiger partial charge on any atom is 0.407 e. The number of nitrogens with zero attached hydrogens (tertiary/aromatic N) is 1. The van der Waals surface area contributed by atoms with Crippen molar-refractivity contribution >= 4 is 18.0 Å². The van der Waals surface area contributed by atoms with Crippen LogP contribution in [0, 0.1) is 5.92 Å². The van der Waals surface area contributed by atoms with Crippen LogP contribution in [0.5, 0.6) is 0 Å². The summed E-state index contributed by atoms with van der Waals surface area (Å²) >= 11 is 0. The molecule has 1 saturated heterocycles. The number of hydrogen-bond donors (Lipinski definition) is 2. The SMILES string of the molecule is CC[C@H](CC(=O)N1CC(C(=O)O)C1)NC(=O)OCC1c2ccccc2-c2ccccc21. The molecule has 0 unspecified atom stereocenters. The molecule has 162 valence electrons. The molecule has 1 fully saturated rings. The number of aliphatic carboxylic acids is 1. The fraction of sp³-hybridized carbons (Fsp3) is 0.375. The first-order valence-corrected chi connectivity index (χ1v) is 10.6. The second-order valence-corrected chi connectivity index (χ2v) is 8.11. The quantitative estimate of drug-likeness (QED) is 0.714. The number of nitrogens with one attached hydrogen (secondary N) is 1. The van der Waals surface area contributed by atoms with Crippen LogP contribution in [0.25, 0.3) is 11.1 Å². The highest BCUT2D eigenvalue weighted by Gasteiger charge is 2.36. The second-order valence-electron chi connectivity index (χ2n) is 8.11. The Morgan fingerprint density at radius 1 is 1.06 bits per heavy atom. The van der Waals surface area contributed by atoms with Crippen LogP contribution in [0.2, 0.25) is 0 Å². The minimum Gasteiger partial charge on any atom is -0.481 e. The lowest BCUT2D eigenvalue weighted by atomic mass is 9.98. The van der Waals surface area contributed by atoms with Gasteiger partial charge in [-0.2, -0.15) is 0 Å². The number of rotatable bonds is 7. The minimum atomic E-state index is -0.882. The molecule has 1 aliphatic heterocycles. The lowest BCUT2D eigenvalue weighted by Crippen LogP contribution is -2.54. The molecule has 0 bridgehead atoms. The van der Waals surface area contributed by atoms with E-state index in [1.54, 1.807) is 0 Å². The fourth-order valence-corrected chi connectivity index (χ4v) is 4.28. The standard InChI is InChI=1S/C24H26N2O5/c1-2-16(11-22(27)26-12-15(13-26)23(28)29)25-24(30)31-14-21-19-9-5-3-7-17(19)18-8-4-6-10-20(18)21/h3-10,15-16,21H,2,11-14H2,1H3,(H,25,30)(H,28,29)/t16-/m1/s1. The van der Waals surface area contributed by atoms with Gasteiger partial charge in [-0.15, -0.1) is 0 Å². The van der Waals surface area contributed by atoms with Gasteiger partial charge in [-0.3, -0.25) is 9.59 Å². The molecule has 7 heteroatoms. The second kappa shape index (κ2) is 8.79. The summed E-state index contributed by atoms with van der Waals surface area (Å²) in [6.45, 7) is 2.57. The lowest BCUT2D eigenvalue weighted by molar-refractivity contribution is -0.152. The van der Waals surface area contributed by atoms with Gasteiger partial charge < -0.3 is 20.1 Å². The number of alkyl carbamates (subject to hydrolysis) is 1. The molecule has 7 nitrogen and oxygen atoms in total. The monoisotopic (exact) mass is 422 g/mol. The molecule has 4 rings (SSSR count). The first-order valence-electron chi connectivity index (χ1n) is 10.6. The highest BCUT2D eigenvalue weighted by molar-refractivity contribution is 5.82. The summed E-state index contributed by atoms with van der Waals surface area (Å²) in [5.41, 5.74) is 4.62. The molecule has 0 saturated carbocycles. The average molecular weight is 422 g/mol. The van der Waals surface area contributed by atoms with Crippen LogP contribution in [0.15, 0.2) is 48.5 Å². The van der Waals surface area contributed by atoms with Gasteiger partial charge in [0.2, 0.25) is 5.91 Å². The number of carbonyl (C=O) groups is 3. The molecule has 31 heavy (non-hydrogen) atoms. The van der Waals surface area contributed by atoms with Crippen molar-refractivity contribution in [1.29, 1.82) is 0 Å². The van der Waals surface area contributed by atoms with E-state index in [0.717, 1.165) is 11.1 Å². The van der Waals surface area contributed by atoms with Gasteiger partial charge in [0.05, 0.1) is 5.92 Å². The summed E-state index contributed by atoms with van der Waals surface area (Å²) in [6.07, 6.45) is 0.160. The topological polar surface area (TPSA) is 95.9 Å². The summed E-state index contributed by atoms with van der Waals surface area (Å²) in [7, 11) is 0. The maximum atomic E-state index is 12.4. The Balaban J connectivity index is 1.32. The zero-order valence-electron chi connectivity index (χ0n) is 17.4. The van der Waals surface area contributed by atoms with Gasteiger partial charge in [0.25, 0.3) is 0 Å². The van der Waals surface area contributed by atoms with Crippen molar-refractivity contribution in [2.75, 3.05) is 19.7 Å². The van der Waals surface area contributed by atoms with Gasteiger partial charge in [-0.1, -0.05) is 55.5 Å². The smallest absolute Gasteiger partial charge is 0.407 e. The van der Waals surface area contributed by atoms with Gasteiger partial charge in [-0.05, 0) is 28.7 Å². The summed E-state index contributed by atoms with van der Waals surface area (Å²) in [6, 6.07) is 15.9. The minimum absolute atomic E-state index is 0.0195. The number of carbonyl (C=O) groups excluding carboxylic acids is 2. The molecule has 1 atom stereocenters. The van der Waals surface area contributed by atoms with E-state index in [0.29, 0.717) is 6.42 Å². The number of ether oxygens (including phenoxy) is 1. The molecular weight excluding hydrogens is 396 g/mol. The van der Waals surface area contributed by atoms with Crippen molar-refractivity contribution in [3.8, 4) is 11.1 Å². The number of hydrogen-bond acceptors (Lipinski definition) is 4. The third-order valence-corrected chi connectivity index (χ3v) is 6.16. The summed E-state index contributed by atoms with van der Waals surface area (Å²) in [5.74, 6) is -1.54. The van der Waals surface area contributed by atoms with E-state index in [-0.39, 0.29) is 44.0 Å². The predicted molar refractivity (Wildman–Crippen MR) is 115 cm³/mol. The van der Waals surface area contributed by atoms with E-state index >= 15 is 0 Å². The molecule has 2 aliphatic rings. The number of fused-ring (bicyclic) bond motifs is 3. The number of benzene rings is 2. The molecule has 1 heterocycles. The van der Waals surface area contributed by atoms with Gasteiger partial charge >= 0.3 is 12.1 Å². The van der Waals surface area contributed by atoms with E-state index < -0.39 is 18.0 Å². The Bertz CT molecular complexity index is 953. The van der Waals surface area contributed by atoms with Crippen LogP contribution in [0.1, 0.15) is 36.8 Å². The van der Waals surface area contributed by atoms with Crippen LogP contribution in [0.4, 0.5) is 4.79 Å². The van der Waals surface area contributed by atoms with Crippen LogP contribution >= 0.6 is 0 Å². The first kappa shape index (κ1) is 20.9. The zero-order chi connectivity index (χ0) is 22.0. The van der Waals surface area contributed by atoms with Crippen molar-refractivity contribution in [2.24, 2.45) is 5.92 Å². The summed E-state index contributed by atoms with van der Waals surface area (Å²) < 4.78 is 5.55. The number of carboxylic acids is 1. The largest absolute Gasteiger partial charge is 0.481 e. The van der Waals surface area contributed by atoms with Crippen LogP contribution in [-0.4, -0.2) is 53.7 Å². The fourth-order valence-electron chi connectivity index (χ4n) is 4.28. The van der Waals surface area contributed by atoms with Crippen LogP contribution < -0.4 is 5.32 Å². The molecule has 2 aromatic carbocycles. The van der Waals surface area contributed by atoms with E-state index in [4.69, 9.17) is 9.84 Å². The molecule has 0 radical (unpaired) electrons. The molecule has 2 N–H and O–H groups in total. The van der Waals surface area contributed by atoms with E-state index in [9.17, 15) is 14.4 Å². The highest BCUT2D eigenvalue weighted by atomic mass is 16.5.